The number of nitrogens with one attached hydrogen (secondary N) is 2. The molecule has 0 unspecified atom stereocenters. The van der Waals surface area contributed by atoms with E-state index in [1.807, 2.05) is 5.32 Å². The zero-order valence-corrected chi connectivity index (χ0v) is 13.8. The van der Waals surface area contributed by atoms with E-state index in [0.717, 1.165) is 6.08 Å². The van der Waals surface area contributed by atoms with Crippen molar-refractivity contribution in [2.75, 3.05) is 27.4 Å². The fourth-order valence-electron chi connectivity index (χ4n) is 1.75. The van der Waals surface area contributed by atoms with Gasteiger partial charge in [0.1, 0.15) is 0 Å². The van der Waals surface area contributed by atoms with E-state index in [1.165, 1.54) is 20.3 Å². The summed E-state index contributed by atoms with van der Waals surface area (Å²) >= 11 is 0. The van der Waals surface area contributed by atoms with E-state index in [4.69, 9.17) is 14.2 Å². The fraction of sp³-hybridized carbons (Fsp3) is 0.312. The van der Waals surface area contributed by atoms with Gasteiger partial charge in [-0.15, -0.1) is 0 Å². The molecule has 1 aromatic rings. The number of hydrogen-bond donors (Lipinski definition) is 2. The summed E-state index contributed by atoms with van der Waals surface area (Å²) < 4.78 is 15.1. The van der Waals surface area contributed by atoms with Gasteiger partial charge in [-0.05, 0) is 19.1 Å². The number of carbonyl (C=O) groups excluding carboxylic acids is 3. The second-order valence-corrected chi connectivity index (χ2v) is 4.43. The number of benzene rings is 1. The van der Waals surface area contributed by atoms with Crippen molar-refractivity contribution in [2.45, 2.75) is 6.92 Å². The Bertz CT molecular complexity index is 627. The minimum atomic E-state index is -0.731. The van der Waals surface area contributed by atoms with Crippen LogP contribution in [0.5, 0.6) is 11.5 Å². The molecule has 3 amide bonds. The van der Waals surface area contributed by atoms with Crippen molar-refractivity contribution in [1.29, 1.82) is 0 Å². The van der Waals surface area contributed by atoms with Gasteiger partial charge in [0.15, 0.2) is 18.1 Å². The maximum absolute atomic E-state index is 11.6. The Balaban J connectivity index is 2.58. The van der Waals surface area contributed by atoms with Gasteiger partial charge in [0.05, 0.1) is 14.2 Å². The lowest BCUT2D eigenvalue weighted by molar-refractivity contribution is -0.143. The first kappa shape index (κ1) is 19.0. The molecule has 0 heterocycles. The molecule has 0 radical (unpaired) electrons. The van der Waals surface area contributed by atoms with Crippen molar-refractivity contribution in [3.8, 4) is 11.5 Å². The predicted molar refractivity (Wildman–Crippen MR) is 86.8 cm³/mol. The summed E-state index contributed by atoms with van der Waals surface area (Å²) in [5.74, 6) is -0.458. The van der Waals surface area contributed by atoms with Gasteiger partial charge >= 0.3 is 12.0 Å². The SMILES string of the molecule is CCNC(=O)NC(=O)COC(=O)/C=C/c1cccc(OC)c1OC. The average Bonchev–Trinajstić information content (AvgIpc) is 2.57. The van der Waals surface area contributed by atoms with Crippen LogP contribution >= 0.6 is 0 Å². The number of urea groups is 1. The third-order valence-corrected chi connectivity index (χ3v) is 2.77. The molecule has 0 bridgehead atoms. The lowest BCUT2D eigenvalue weighted by atomic mass is 10.1. The van der Waals surface area contributed by atoms with Gasteiger partial charge in [-0.2, -0.15) is 0 Å². The van der Waals surface area contributed by atoms with E-state index in [2.05, 4.69) is 5.32 Å². The molecule has 1 rings (SSSR count). The van der Waals surface area contributed by atoms with Crippen molar-refractivity contribution in [3.63, 3.8) is 0 Å². The number of carbonyl (C=O) groups is 3. The summed E-state index contributed by atoms with van der Waals surface area (Å²) in [6.45, 7) is 1.53. The van der Waals surface area contributed by atoms with Crippen LogP contribution in [0, 0.1) is 0 Å². The number of methoxy groups -OCH3 is 2. The molecule has 2 N–H and O–H groups in total. The maximum atomic E-state index is 11.6. The van der Waals surface area contributed by atoms with Crippen LogP contribution in [0.15, 0.2) is 24.3 Å². The van der Waals surface area contributed by atoms with Crippen LogP contribution in [0.25, 0.3) is 6.08 Å². The maximum Gasteiger partial charge on any atom is 0.331 e. The summed E-state index contributed by atoms with van der Waals surface area (Å²) in [4.78, 5) is 34.1. The summed E-state index contributed by atoms with van der Waals surface area (Å²) in [5, 5.41) is 4.40. The number of imide groups is 1. The Morgan fingerprint density at radius 2 is 1.92 bits per heavy atom. The Morgan fingerprint density at radius 3 is 2.54 bits per heavy atom. The van der Waals surface area contributed by atoms with Crippen LogP contribution in [-0.4, -0.2) is 45.3 Å². The zero-order valence-electron chi connectivity index (χ0n) is 13.8. The number of rotatable bonds is 7. The van der Waals surface area contributed by atoms with Crippen molar-refractivity contribution in [2.24, 2.45) is 0 Å². The van der Waals surface area contributed by atoms with Crippen LogP contribution in [0.3, 0.4) is 0 Å². The van der Waals surface area contributed by atoms with Gasteiger partial charge in [0.2, 0.25) is 0 Å². The molecule has 0 saturated carbocycles. The van der Waals surface area contributed by atoms with Gasteiger partial charge in [-0.1, -0.05) is 12.1 Å². The average molecular weight is 336 g/mol. The van der Waals surface area contributed by atoms with E-state index in [-0.39, 0.29) is 0 Å². The lowest BCUT2D eigenvalue weighted by Crippen LogP contribution is -2.41. The highest BCUT2D eigenvalue weighted by molar-refractivity contribution is 5.96. The molecule has 0 saturated heterocycles. The summed E-state index contributed by atoms with van der Waals surface area (Å²) in [7, 11) is 2.99. The highest BCUT2D eigenvalue weighted by Crippen LogP contribution is 2.31. The largest absolute Gasteiger partial charge is 0.493 e. The van der Waals surface area contributed by atoms with Crippen molar-refractivity contribution >= 4 is 24.0 Å². The Kier molecular flexibility index (Phi) is 7.83. The molecule has 0 atom stereocenters. The minimum absolute atomic E-state index is 0.379. The molecule has 8 heteroatoms. The zero-order chi connectivity index (χ0) is 17.9. The number of hydrogen-bond acceptors (Lipinski definition) is 6. The first-order valence-corrected chi connectivity index (χ1v) is 7.15. The van der Waals surface area contributed by atoms with Gasteiger partial charge in [-0.3, -0.25) is 10.1 Å². The molecule has 0 aromatic heterocycles. The molecule has 8 nitrogen and oxygen atoms in total. The van der Waals surface area contributed by atoms with Crippen molar-refractivity contribution in [1.82, 2.24) is 10.6 Å². The molecule has 1 aromatic carbocycles. The Labute approximate surface area is 139 Å². The molecule has 24 heavy (non-hydrogen) atoms. The van der Waals surface area contributed by atoms with Crippen LogP contribution in [0.4, 0.5) is 4.79 Å². The van der Waals surface area contributed by atoms with Gasteiger partial charge in [-0.25, -0.2) is 9.59 Å². The minimum Gasteiger partial charge on any atom is -0.493 e. The number of ether oxygens (including phenoxy) is 3. The first-order valence-electron chi connectivity index (χ1n) is 7.15. The quantitative estimate of drug-likeness (QED) is 0.571. The molecule has 0 aliphatic rings. The third-order valence-electron chi connectivity index (χ3n) is 2.77. The second kappa shape index (κ2) is 9.88. The summed E-state index contributed by atoms with van der Waals surface area (Å²) in [6, 6.07) is 4.55. The monoisotopic (exact) mass is 336 g/mol. The van der Waals surface area contributed by atoms with Crippen LogP contribution in [-0.2, 0) is 14.3 Å². The Hall–Kier alpha value is -3.03. The molecule has 0 spiro atoms. The third kappa shape index (κ3) is 5.99. The molecule has 0 fully saturated rings. The van der Waals surface area contributed by atoms with E-state index >= 15 is 0 Å². The van der Waals surface area contributed by atoms with E-state index in [9.17, 15) is 14.4 Å². The summed E-state index contributed by atoms with van der Waals surface area (Å²) in [5.41, 5.74) is 0.612. The number of esters is 1. The number of amides is 3. The fourth-order valence-corrected chi connectivity index (χ4v) is 1.75. The second-order valence-electron chi connectivity index (χ2n) is 4.43. The highest BCUT2D eigenvalue weighted by Gasteiger charge is 2.10. The lowest BCUT2D eigenvalue weighted by Gasteiger charge is -2.09. The van der Waals surface area contributed by atoms with Gasteiger partial charge < -0.3 is 19.5 Å². The van der Waals surface area contributed by atoms with E-state index in [1.54, 1.807) is 25.1 Å². The summed E-state index contributed by atoms with van der Waals surface area (Å²) in [6.07, 6.45) is 2.63. The highest BCUT2D eigenvalue weighted by atomic mass is 16.5. The van der Waals surface area contributed by atoms with E-state index in [0.29, 0.717) is 23.6 Å². The number of para-hydroxylation sites is 1. The molecule has 0 aliphatic carbocycles. The standard InChI is InChI=1S/C16H20N2O6/c1-4-17-16(21)18-13(19)10-24-14(20)9-8-11-6-5-7-12(22-2)15(11)23-3/h5-9H,4,10H2,1-3H3,(H2,17,18,19,21)/b9-8+. The van der Waals surface area contributed by atoms with Gasteiger partial charge in [0.25, 0.3) is 5.91 Å². The van der Waals surface area contributed by atoms with E-state index < -0.39 is 24.5 Å². The first-order chi connectivity index (χ1) is 11.5. The topological polar surface area (TPSA) is 103 Å². The Morgan fingerprint density at radius 1 is 1.17 bits per heavy atom. The van der Waals surface area contributed by atoms with Crippen LogP contribution in [0.1, 0.15) is 12.5 Å². The molecular formula is C16H20N2O6. The van der Waals surface area contributed by atoms with Crippen LogP contribution < -0.4 is 20.1 Å². The van der Waals surface area contributed by atoms with Crippen molar-refractivity contribution in [3.05, 3.63) is 29.8 Å². The van der Waals surface area contributed by atoms with Gasteiger partial charge in [0, 0.05) is 18.2 Å². The predicted octanol–water partition coefficient (Wildman–Crippen LogP) is 1.11. The van der Waals surface area contributed by atoms with Crippen molar-refractivity contribution < 1.29 is 28.6 Å². The normalized spacial score (nSPS) is 10.1. The van der Waals surface area contributed by atoms with Crippen LogP contribution in [0.2, 0.25) is 0 Å². The molecule has 130 valence electrons. The molecule has 0 aliphatic heterocycles. The molecular weight excluding hydrogens is 316 g/mol. The smallest absolute Gasteiger partial charge is 0.331 e.